The highest BCUT2D eigenvalue weighted by Crippen LogP contribution is 2.25. The van der Waals surface area contributed by atoms with Gasteiger partial charge in [-0.2, -0.15) is 0 Å². The van der Waals surface area contributed by atoms with Crippen LogP contribution in [0.4, 0.5) is 0 Å². The fraction of sp³-hybridized carbons (Fsp3) is 1.00. The van der Waals surface area contributed by atoms with Crippen molar-refractivity contribution >= 4 is 11.9 Å². The molecule has 1 saturated carbocycles. The monoisotopic (exact) mass is 117 g/mol. The van der Waals surface area contributed by atoms with E-state index in [4.69, 9.17) is 5.14 Å². The Labute approximate surface area is 48.8 Å². The second kappa shape index (κ2) is 2.58. The van der Waals surface area contributed by atoms with Crippen molar-refractivity contribution in [2.45, 2.75) is 30.9 Å². The molecule has 0 bridgehead atoms. The lowest BCUT2D eigenvalue weighted by Gasteiger charge is -1.98. The third kappa shape index (κ3) is 1.35. The van der Waals surface area contributed by atoms with E-state index >= 15 is 0 Å². The molecule has 0 spiro atoms. The third-order valence-electron chi connectivity index (χ3n) is 1.49. The third-order valence-corrected chi connectivity index (χ3v) is 2.35. The molecule has 42 valence electrons. The molecular formula is C5H11NS. The average molecular weight is 117 g/mol. The molecule has 0 aromatic rings. The first-order valence-electron chi connectivity index (χ1n) is 2.79. The smallest absolute Gasteiger partial charge is 0.0190 e. The summed E-state index contributed by atoms with van der Waals surface area (Å²) in [5.41, 5.74) is 0. The van der Waals surface area contributed by atoms with Gasteiger partial charge in [0, 0.05) is 5.25 Å². The molecule has 0 amide bonds. The molecule has 0 saturated heterocycles. The van der Waals surface area contributed by atoms with Crippen LogP contribution in [0.1, 0.15) is 25.7 Å². The van der Waals surface area contributed by atoms with Crippen LogP contribution in [0.25, 0.3) is 0 Å². The molecule has 0 radical (unpaired) electrons. The largest absolute Gasteiger partial charge is 0.278 e. The van der Waals surface area contributed by atoms with Crippen molar-refractivity contribution < 1.29 is 0 Å². The summed E-state index contributed by atoms with van der Waals surface area (Å²) in [5.74, 6) is 0. The van der Waals surface area contributed by atoms with Gasteiger partial charge in [-0.05, 0) is 12.8 Å². The maximum Gasteiger partial charge on any atom is 0.0190 e. The molecule has 0 atom stereocenters. The Kier molecular flexibility index (Phi) is 2.00. The normalized spacial score (nSPS) is 23.6. The van der Waals surface area contributed by atoms with E-state index in [9.17, 15) is 0 Å². The first-order valence-corrected chi connectivity index (χ1v) is 3.73. The van der Waals surface area contributed by atoms with Crippen LogP contribution in [-0.2, 0) is 0 Å². The standard InChI is InChI=1S/C5H11NS/c6-7-5-3-1-2-4-5/h5H,1-4,6H2. The van der Waals surface area contributed by atoms with Gasteiger partial charge in [0.15, 0.2) is 0 Å². The van der Waals surface area contributed by atoms with E-state index in [1.807, 2.05) is 0 Å². The number of hydrogen-bond donors (Lipinski definition) is 1. The predicted octanol–water partition coefficient (Wildman–Crippen LogP) is 1.54. The maximum atomic E-state index is 5.35. The number of nitrogens with two attached hydrogens (primary N) is 1. The molecule has 1 rings (SSSR count). The van der Waals surface area contributed by atoms with Crippen molar-refractivity contribution in [3.63, 3.8) is 0 Å². The SMILES string of the molecule is NSC1CCCC1. The van der Waals surface area contributed by atoms with Crippen LogP contribution in [0.3, 0.4) is 0 Å². The lowest BCUT2D eigenvalue weighted by molar-refractivity contribution is 0.886. The minimum absolute atomic E-state index is 0.792. The first-order chi connectivity index (χ1) is 3.43. The van der Waals surface area contributed by atoms with Gasteiger partial charge in [0.25, 0.3) is 0 Å². The van der Waals surface area contributed by atoms with E-state index in [0.29, 0.717) is 0 Å². The average Bonchev–Trinajstić information content (AvgIpc) is 2.14. The van der Waals surface area contributed by atoms with E-state index < -0.39 is 0 Å². The Bertz CT molecular complexity index is 50.0. The van der Waals surface area contributed by atoms with Gasteiger partial charge < -0.3 is 0 Å². The Morgan fingerprint density at radius 2 is 1.86 bits per heavy atom. The highest BCUT2D eigenvalue weighted by Gasteiger charge is 2.12. The molecule has 0 aliphatic heterocycles. The van der Waals surface area contributed by atoms with E-state index in [-0.39, 0.29) is 0 Å². The summed E-state index contributed by atoms with van der Waals surface area (Å²) < 4.78 is 0. The molecule has 1 aliphatic carbocycles. The quantitative estimate of drug-likeness (QED) is 0.527. The highest BCUT2D eigenvalue weighted by atomic mass is 32.2. The van der Waals surface area contributed by atoms with Crippen molar-refractivity contribution in [1.82, 2.24) is 0 Å². The molecule has 0 heterocycles. The van der Waals surface area contributed by atoms with Gasteiger partial charge in [-0.1, -0.05) is 24.8 Å². The lowest BCUT2D eigenvalue weighted by Crippen LogP contribution is -1.96. The summed E-state index contributed by atoms with van der Waals surface area (Å²) in [6.45, 7) is 0. The van der Waals surface area contributed by atoms with Crippen molar-refractivity contribution in [2.24, 2.45) is 5.14 Å². The topological polar surface area (TPSA) is 26.0 Å². The van der Waals surface area contributed by atoms with Gasteiger partial charge in [0.1, 0.15) is 0 Å². The second-order valence-electron chi connectivity index (χ2n) is 2.04. The number of hydrogen-bond acceptors (Lipinski definition) is 2. The van der Waals surface area contributed by atoms with Gasteiger partial charge in [-0.25, -0.2) is 0 Å². The first kappa shape index (κ1) is 5.45. The minimum atomic E-state index is 0.792. The highest BCUT2D eigenvalue weighted by molar-refractivity contribution is 7.97. The molecule has 1 nitrogen and oxygen atoms in total. The van der Waals surface area contributed by atoms with Gasteiger partial charge in [0.05, 0.1) is 0 Å². The van der Waals surface area contributed by atoms with E-state index in [1.54, 1.807) is 0 Å². The van der Waals surface area contributed by atoms with Crippen LogP contribution < -0.4 is 5.14 Å². The Balaban J connectivity index is 2.14. The zero-order valence-electron chi connectivity index (χ0n) is 4.39. The fourth-order valence-corrected chi connectivity index (χ4v) is 1.63. The minimum Gasteiger partial charge on any atom is -0.278 e. The van der Waals surface area contributed by atoms with E-state index in [0.717, 1.165) is 5.25 Å². The molecule has 7 heavy (non-hydrogen) atoms. The molecule has 0 unspecified atom stereocenters. The molecule has 0 aromatic carbocycles. The summed E-state index contributed by atoms with van der Waals surface area (Å²) in [6, 6.07) is 0. The van der Waals surface area contributed by atoms with Crippen LogP contribution in [-0.4, -0.2) is 5.25 Å². The van der Waals surface area contributed by atoms with Crippen molar-refractivity contribution in [3.8, 4) is 0 Å². The molecule has 2 N–H and O–H groups in total. The van der Waals surface area contributed by atoms with E-state index in [2.05, 4.69) is 0 Å². The van der Waals surface area contributed by atoms with Crippen LogP contribution in [0.5, 0.6) is 0 Å². The zero-order valence-corrected chi connectivity index (χ0v) is 5.21. The Morgan fingerprint density at radius 3 is 2.14 bits per heavy atom. The summed E-state index contributed by atoms with van der Waals surface area (Å²) in [5, 5.41) is 6.14. The Morgan fingerprint density at radius 1 is 1.29 bits per heavy atom. The maximum absolute atomic E-state index is 5.35. The van der Waals surface area contributed by atoms with Crippen LogP contribution in [0, 0.1) is 0 Å². The summed E-state index contributed by atoms with van der Waals surface area (Å²) in [6.07, 6.45) is 5.49. The summed E-state index contributed by atoms with van der Waals surface area (Å²) in [7, 11) is 0. The second-order valence-corrected chi connectivity index (χ2v) is 2.98. The molecular weight excluding hydrogens is 106 g/mol. The van der Waals surface area contributed by atoms with Gasteiger partial charge in [-0.15, -0.1) is 0 Å². The molecule has 0 aromatic heterocycles. The Hall–Kier alpha value is 0.310. The van der Waals surface area contributed by atoms with Crippen LogP contribution >= 0.6 is 11.9 Å². The molecule has 1 fully saturated rings. The van der Waals surface area contributed by atoms with Gasteiger partial charge in [-0.3, -0.25) is 5.14 Å². The van der Waals surface area contributed by atoms with Crippen LogP contribution in [0.2, 0.25) is 0 Å². The van der Waals surface area contributed by atoms with Gasteiger partial charge >= 0.3 is 0 Å². The molecule has 2 heteroatoms. The molecule has 1 aliphatic rings. The van der Waals surface area contributed by atoms with Crippen molar-refractivity contribution in [1.29, 1.82) is 0 Å². The number of rotatable bonds is 1. The summed E-state index contributed by atoms with van der Waals surface area (Å²) in [4.78, 5) is 0. The summed E-state index contributed by atoms with van der Waals surface area (Å²) >= 11 is 1.53. The zero-order chi connectivity index (χ0) is 5.11. The van der Waals surface area contributed by atoms with E-state index in [1.165, 1.54) is 37.6 Å². The fourth-order valence-electron chi connectivity index (χ4n) is 1.02. The predicted molar refractivity (Wildman–Crippen MR) is 34.0 cm³/mol. The van der Waals surface area contributed by atoms with Crippen molar-refractivity contribution in [2.75, 3.05) is 0 Å². The van der Waals surface area contributed by atoms with Gasteiger partial charge in [0.2, 0.25) is 0 Å². The lowest BCUT2D eigenvalue weighted by atomic mass is 10.4. The van der Waals surface area contributed by atoms with Crippen molar-refractivity contribution in [3.05, 3.63) is 0 Å². The van der Waals surface area contributed by atoms with Crippen LogP contribution in [0.15, 0.2) is 0 Å².